The molecule has 6 rings (SSSR count). The molecule has 6 nitrogen and oxygen atoms in total. The Morgan fingerprint density at radius 3 is 2.43 bits per heavy atom. The molecule has 0 spiro atoms. The number of nitrogens with zero attached hydrogens (tertiary/aromatic N) is 1. The van der Waals surface area contributed by atoms with Gasteiger partial charge in [-0.15, -0.1) is 0 Å². The van der Waals surface area contributed by atoms with E-state index in [9.17, 15) is 19.6 Å². The van der Waals surface area contributed by atoms with Crippen molar-refractivity contribution in [1.82, 2.24) is 5.32 Å². The van der Waals surface area contributed by atoms with Crippen LogP contribution in [0.15, 0.2) is 46.1 Å². The lowest BCUT2D eigenvalue weighted by Crippen LogP contribution is -2.65. The number of fused-ring (bicyclic) bond motifs is 7. The fraction of sp³-hybridized carbons (Fsp3) is 0.667. The first-order chi connectivity index (χ1) is 19.6. The number of Topliss-reactive ketones (excluding diaryl/α,β-unsaturated/α-hetero) is 1. The van der Waals surface area contributed by atoms with Crippen LogP contribution in [0.5, 0.6) is 0 Å². The van der Waals surface area contributed by atoms with E-state index in [0.29, 0.717) is 13.0 Å². The van der Waals surface area contributed by atoms with Gasteiger partial charge in [0.25, 0.3) is 0 Å². The molecule has 1 aromatic rings. The van der Waals surface area contributed by atoms with Gasteiger partial charge >= 0.3 is 0 Å². The molecule has 1 amide bonds. The minimum atomic E-state index is -0.670. The van der Waals surface area contributed by atoms with E-state index in [2.05, 4.69) is 46.0 Å². The van der Waals surface area contributed by atoms with Gasteiger partial charge in [0.15, 0.2) is 11.6 Å². The van der Waals surface area contributed by atoms with Gasteiger partial charge in [-0.05, 0) is 91.2 Å². The van der Waals surface area contributed by atoms with Crippen LogP contribution < -0.4 is 5.32 Å². The molecular weight excluding hydrogens is 524 g/mol. The van der Waals surface area contributed by atoms with Crippen LogP contribution in [0.4, 0.5) is 0 Å². The van der Waals surface area contributed by atoms with Crippen molar-refractivity contribution in [2.45, 2.75) is 100.0 Å². The molecule has 5 aliphatic carbocycles. The van der Waals surface area contributed by atoms with Crippen LogP contribution in [-0.2, 0) is 20.9 Å². The summed E-state index contributed by atoms with van der Waals surface area (Å²) in [5.41, 5.74) is -0.935. The maximum absolute atomic E-state index is 14.5. The fourth-order valence-electron chi connectivity index (χ4n) is 10.7. The van der Waals surface area contributed by atoms with Crippen molar-refractivity contribution in [3.63, 3.8) is 0 Å². The first kappa shape index (κ1) is 29.1. The van der Waals surface area contributed by atoms with E-state index in [1.54, 1.807) is 6.26 Å². The van der Waals surface area contributed by atoms with Crippen LogP contribution in [0.2, 0.25) is 0 Å². The van der Waals surface area contributed by atoms with Crippen molar-refractivity contribution in [3.05, 3.63) is 47.5 Å². The maximum atomic E-state index is 14.5. The number of nitriles is 1. The molecule has 5 aliphatic rings. The highest BCUT2D eigenvalue weighted by Crippen LogP contribution is 2.74. The van der Waals surface area contributed by atoms with E-state index in [-0.39, 0.29) is 57.0 Å². The number of furan rings is 1. The summed E-state index contributed by atoms with van der Waals surface area (Å²) in [4.78, 5) is 41.5. The van der Waals surface area contributed by atoms with Crippen LogP contribution in [0.25, 0.3) is 0 Å². The van der Waals surface area contributed by atoms with Crippen molar-refractivity contribution < 1.29 is 18.8 Å². The summed E-state index contributed by atoms with van der Waals surface area (Å²) < 4.78 is 5.44. The van der Waals surface area contributed by atoms with Gasteiger partial charge in [-0.25, -0.2) is 0 Å². The molecule has 1 aromatic heterocycles. The van der Waals surface area contributed by atoms with Gasteiger partial charge in [-0.2, -0.15) is 5.26 Å². The first-order valence-electron chi connectivity index (χ1n) is 15.8. The minimum absolute atomic E-state index is 0.0105. The predicted molar refractivity (Wildman–Crippen MR) is 159 cm³/mol. The highest BCUT2D eigenvalue weighted by molar-refractivity contribution is 6.04. The second kappa shape index (κ2) is 9.04. The fourth-order valence-corrected chi connectivity index (χ4v) is 10.7. The number of hydrogen-bond donors (Lipinski definition) is 1. The monoisotopic (exact) mass is 570 g/mol. The van der Waals surface area contributed by atoms with Crippen molar-refractivity contribution in [2.24, 2.45) is 50.2 Å². The van der Waals surface area contributed by atoms with Crippen molar-refractivity contribution in [2.75, 3.05) is 0 Å². The molecule has 224 valence electrons. The predicted octanol–water partition coefficient (Wildman–Crippen LogP) is 7.12. The van der Waals surface area contributed by atoms with Crippen LogP contribution >= 0.6 is 0 Å². The summed E-state index contributed by atoms with van der Waals surface area (Å²) in [5, 5.41) is 13.0. The van der Waals surface area contributed by atoms with Gasteiger partial charge in [0.2, 0.25) is 5.91 Å². The number of carbonyl (C=O) groups excluding carboxylic acids is 3. The summed E-state index contributed by atoms with van der Waals surface area (Å²) in [7, 11) is 0. The van der Waals surface area contributed by atoms with E-state index in [1.807, 2.05) is 38.1 Å². The van der Waals surface area contributed by atoms with E-state index < -0.39 is 16.2 Å². The Labute approximate surface area is 250 Å². The molecule has 1 N–H and O–H groups in total. The van der Waals surface area contributed by atoms with Gasteiger partial charge in [0.1, 0.15) is 11.8 Å². The van der Waals surface area contributed by atoms with Crippen molar-refractivity contribution in [3.8, 4) is 6.07 Å². The topological polar surface area (TPSA) is 100 Å². The molecule has 3 saturated carbocycles. The minimum Gasteiger partial charge on any atom is -0.467 e. The second-order valence-electron chi connectivity index (χ2n) is 16.1. The number of rotatable bonds is 3. The summed E-state index contributed by atoms with van der Waals surface area (Å²) >= 11 is 0. The second-order valence-corrected chi connectivity index (χ2v) is 16.1. The molecule has 0 unspecified atom stereocenters. The van der Waals surface area contributed by atoms with Crippen molar-refractivity contribution in [1.29, 1.82) is 5.26 Å². The molecule has 0 saturated heterocycles. The van der Waals surface area contributed by atoms with E-state index in [0.717, 1.165) is 49.9 Å². The average molecular weight is 571 g/mol. The van der Waals surface area contributed by atoms with Crippen LogP contribution in [0, 0.1) is 61.6 Å². The van der Waals surface area contributed by atoms with Gasteiger partial charge in [0.05, 0.1) is 18.4 Å². The third-order valence-electron chi connectivity index (χ3n) is 13.6. The first-order valence-corrected chi connectivity index (χ1v) is 15.8. The quantitative estimate of drug-likeness (QED) is 0.417. The lowest BCUT2D eigenvalue weighted by molar-refractivity contribution is -0.172. The molecule has 0 aromatic carbocycles. The van der Waals surface area contributed by atoms with Crippen LogP contribution in [0.1, 0.15) is 99.2 Å². The molecule has 6 heteroatoms. The molecule has 8 atom stereocenters. The summed E-state index contributed by atoms with van der Waals surface area (Å²) in [6, 6.07) is 5.88. The van der Waals surface area contributed by atoms with E-state index in [1.165, 1.54) is 0 Å². The van der Waals surface area contributed by atoms with Gasteiger partial charge in [0, 0.05) is 22.2 Å². The van der Waals surface area contributed by atoms with Crippen LogP contribution in [0.3, 0.4) is 0 Å². The number of carbonyl (C=O) groups is 3. The Morgan fingerprint density at radius 2 is 1.76 bits per heavy atom. The molecule has 0 bridgehead atoms. The zero-order valence-electron chi connectivity index (χ0n) is 26.4. The number of nitrogens with one attached hydrogen (secondary N) is 1. The third-order valence-corrected chi connectivity index (χ3v) is 13.6. The highest BCUT2D eigenvalue weighted by Gasteiger charge is 2.69. The average Bonchev–Trinajstić information content (AvgIpc) is 3.45. The summed E-state index contributed by atoms with van der Waals surface area (Å²) in [6.07, 6.45) is 11.7. The number of ketones is 2. The molecule has 42 heavy (non-hydrogen) atoms. The van der Waals surface area contributed by atoms with Gasteiger partial charge in [-0.1, -0.05) is 60.1 Å². The normalized spacial score (nSPS) is 43.9. The lowest BCUT2D eigenvalue weighted by Gasteiger charge is -2.69. The maximum Gasteiger partial charge on any atom is 0.226 e. The standard InChI is InChI=1S/C36H46N2O4/c1-31(2)26-10-11-35(6)27(34(26,5)18-22(20-37)29(31)40)17-25(39)28-24-19-33(4,30(41)38-21-23-9-8-16-42-23)13-12-32(24,3)14-15-36(28,35)7/h8-9,16-18,24,26,28H,10-15,19,21H2,1-7H3,(H,38,41)/t24-,26-,28-,32+,33-,34-,35+,36+/m0/s1. The molecule has 0 aliphatic heterocycles. The van der Waals surface area contributed by atoms with Crippen LogP contribution in [-0.4, -0.2) is 17.5 Å². The molecular formula is C36H46N2O4. The zero-order chi connectivity index (χ0) is 30.5. The zero-order valence-corrected chi connectivity index (χ0v) is 26.4. The largest absolute Gasteiger partial charge is 0.467 e. The Bertz CT molecular complexity index is 1460. The number of hydrogen-bond acceptors (Lipinski definition) is 5. The molecule has 1 heterocycles. The molecule has 3 fully saturated rings. The Hall–Kier alpha value is -2.94. The Balaban J connectivity index is 1.39. The van der Waals surface area contributed by atoms with E-state index in [4.69, 9.17) is 4.42 Å². The van der Waals surface area contributed by atoms with E-state index >= 15 is 0 Å². The van der Waals surface area contributed by atoms with Crippen molar-refractivity contribution >= 4 is 17.5 Å². The smallest absolute Gasteiger partial charge is 0.226 e. The SMILES string of the molecule is CC1(C)C(=O)C(C#N)=C[C@]2(C)C3=CC(=O)[C@@H]4[C@@H]5C[C@@](C)(C(=O)NCc6ccco6)CC[C@]5(C)CC[C@@]4(C)[C@]3(C)CC[C@@H]12. The Kier molecular flexibility index (Phi) is 6.27. The van der Waals surface area contributed by atoms with Gasteiger partial charge in [-0.3, -0.25) is 14.4 Å². The summed E-state index contributed by atoms with van der Waals surface area (Å²) in [6.45, 7) is 15.6. The number of allylic oxidation sites excluding steroid dienone is 4. The highest BCUT2D eigenvalue weighted by atomic mass is 16.3. The summed E-state index contributed by atoms with van der Waals surface area (Å²) in [5.74, 6) is 0.831. The molecule has 0 radical (unpaired) electrons. The third kappa shape index (κ3) is 3.70. The number of amides is 1. The Morgan fingerprint density at radius 1 is 1.05 bits per heavy atom. The van der Waals surface area contributed by atoms with Gasteiger partial charge < -0.3 is 9.73 Å². The lowest BCUT2D eigenvalue weighted by atomic mass is 9.34.